The van der Waals surface area contributed by atoms with E-state index in [1.54, 1.807) is 0 Å². The van der Waals surface area contributed by atoms with Gasteiger partial charge in [0.25, 0.3) is 0 Å². The van der Waals surface area contributed by atoms with Crippen LogP contribution >= 0.6 is 7.29 Å². The van der Waals surface area contributed by atoms with Crippen LogP contribution in [0, 0.1) is 0 Å². The fourth-order valence-corrected chi connectivity index (χ4v) is 4.60. The summed E-state index contributed by atoms with van der Waals surface area (Å²) in [5.74, 6) is 6.10. The third-order valence-electron chi connectivity index (χ3n) is 3.03. The molecule has 4 heteroatoms. The van der Waals surface area contributed by atoms with Crippen LogP contribution in [0.3, 0.4) is 0 Å². The second-order valence-corrected chi connectivity index (χ2v) is 7.11. The smallest absolute Gasteiger partial charge is 0.219 e. The Morgan fingerprint density at radius 1 is 0.947 bits per heavy atom. The Balaban J connectivity index is 2.54. The van der Waals surface area contributed by atoms with Gasteiger partial charge < -0.3 is 0 Å². The molecular formula is C15H19N2OP. The molecule has 0 unspecified atom stereocenters. The Morgan fingerprint density at radius 2 is 1.37 bits per heavy atom. The number of nitrogens with zero attached hydrogens (tertiary/aromatic N) is 1. The van der Waals surface area contributed by atoms with Gasteiger partial charge in [-0.05, 0) is 30.7 Å². The molecule has 0 atom stereocenters. The average molecular weight is 274 g/mol. The standard InChI is InChI=1S/C15H19N2OP/c1-2-13-17(16)19(18,14-9-5-3-6-10-14)15-11-7-4-8-12-15/h3-12H,2,13,16H2,1H3. The minimum atomic E-state index is -2.92. The van der Waals surface area contributed by atoms with Gasteiger partial charge in [0.1, 0.15) is 0 Å². The lowest BCUT2D eigenvalue weighted by molar-refractivity contribution is 0.437. The summed E-state index contributed by atoms with van der Waals surface area (Å²) in [5, 5.41) is 1.55. The number of rotatable bonds is 5. The Morgan fingerprint density at radius 3 is 1.74 bits per heavy atom. The highest BCUT2D eigenvalue weighted by Gasteiger charge is 2.32. The van der Waals surface area contributed by atoms with Gasteiger partial charge in [-0.1, -0.05) is 43.3 Å². The van der Waals surface area contributed by atoms with Gasteiger partial charge in [-0.2, -0.15) is 4.78 Å². The van der Waals surface area contributed by atoms with Crippen molar-refractivity contribution in [2.24, 2.45) is 5.84 Å². The van der Waals surface area contributed by atoms with Gasteiger partial charge in [0.05, 0.1) is 0 Å². The average Bonchev–Trinajstić information content (AvgIpc) is 2.48. The molecular weight excluding hydrogens is 255 g/mol. The van der Waals surface area contributed by atoms with E-state index < -0.39 is 7.29 Å². The number of hydrogen-bond donors (Lipinski definition) is 1. The zero-order valence-corrected chi connectivity index (χ0v) is 12.0. The van der Waals surface area contributed by atoms with Crippen LogP contribution in [-0.4, -0.2) is 11.3 Å². The molecule has 0 saturated carbocycles. The zero-order chi connectivity index (χ0) is 13.7. The van der Waals surface area contributed by atoms with Gasteiger partial charge >= 0.3 is 0 Å². The van der Waals surface area contributed by atoms with Crippen molar-refractivity contribution in [1.29, 1.82) is 0 Å². The molecule has 0 aromatic heterocycles. The normalized spacial score (nSPS) is 11.7. The van der Waals surface area contributed by atoms with E-state index in [0.717, 1.165) is 17.0 Å². The second-order valence-electron chi connectivity index (χ2n) is 4.41. The van der Waals surface area contributed by atoms with Gasteiger partial charge in [-0.3, -0.25) is 10.4 Å². The van der Waals surface area contributed by atoms with E-state index in [4.69, 9.17) is 5.84 Å². The van der Waals surface area contributed by atoms with Gasteiger partial charge in [0.15, 0.2) is 0 Å². The van der Waals surface area contributed by atoms with Crippen LogP contribution in [0.4, 0.5) is 0 Å². The van der Waals surface area contributed by atoms with Crippen molar-refractivity contribution in [3.05, 3.63) is 60.7 Å². The van der Waals surface area contributed by atoms with Crippen LogP contribution in [-0.2, 0) is 4.57 Å². The van der Waals surface area contributed by atoms with E-state index in [9.17, 15) is 4.57 Å². The van der Waals surface area contributed by atoms with Gasteiger partial charge in [-0.25, -0.2) is 0 Å². The molecule has 0 fully saturated rings. The summed E-state index contributed by atoms with van der Waals surface area (Å²) >= 11 is 0. The van der Waals surface area contributed by atoms with Gasteiger partial charge in [0, 0.05) is 17.2 Å². The highest BCUT2D eigenvalue weighted by Crippen LogP contribution is 2.44. The van der Waals surface area contributed by atoms with Crippen LogP contribution < -0.4 is 16.5 Å². The molecule has 3 nitrogen and oxygen atoms in total. The summed E-state index contributed by atoms with van der Waals surface area (Å²) < 4.78 is 15.0. The maximum atomic E-state index is 13.5. The van der Waals surface area contributed by atoms with Crippen molar-refractivity contribution in [3.63, 3.8) is 0 Å². The summed E-state index contributed by atoms with van der Waals surface area (Å²) in [5.41, 5.74) is 0. The minimum absolute atomic E-state index is 0.598. The Hall–Kier alpha value is -1.41. The molecule has 0 bridgehead atoms. The SMILES string of the molecule is CCCN(N)P(=O)(c1ccccc1)c1ccccc1. The molecule has 0 amide bonds. The maximum Gasteiger partial charge on any atom is 0.219 e. The monoisotopic (exact) mass is 274 g/mol. The van der Waals surface area contributed by atoms with Crippen molar-refractivity contribution < 1.29 is 4.57 Å². The lowest BCUT2D eigenvalue weighted by Crippen LogP contribution is -2.37. The molecule has 0 spiro atoms. The Kier molecular flexibility index (Phi) is 4.54. The summed E-state index contributed by atoms with van der Waals surface area (Å²) in [4.78, 5) is 0. The van der Waals surface area contributed by atoms with Crippen LogP contribution in [0.2, 0.25) is 0 Å². The van der Waals surface area contributed by atoms with E-state index in [1.165, 1.54) is 4.78 Å². The van der Waals surface area contributed by atoms with E-state index >= 15 is 0 Å². The molecule has 0 aliphatic rings. The first-order valence-corrected chi connectivity index (χ1v) is 8.09. The predicted octanol–water partition coefficient (Wildman–Crippen LogP) is 2.50. The molecule has 19 heavy (non-hydrogen) atoms. The first kappa shape index (κ1) is 14.0. The van der Waals surface area contributed by atoms with E-state index in [-0.39, 0.29) is 0 Å². The summed E-state index contributed by atoms with van der Waals surface area (Å²) in [6, 6.07) is 18.9. The summed E-state index contributed by atoms with van der Waals surface area (Å²) in [7, 11) is -2.92. The quantitative estimate of drug-likeness (QED) is 0.517. The fourth-order valence-electron chi connectivity index (χ4n) is 2.08. The molecule has 0 heterocycles. The number of hydrazine groups is 1. The molecule has 2 aromatic rings. The maximum absolute atomic E-state index is 13.5. The summed E-state index contributed by atoms with van der Waals surface area (Å²) in [6.45, 7) is 2.63. The number of benzene rings is 2. The molecule has 0 saturated heterocycles. The lowest BCUT2D eigenvalue weighted by atomic mass is 10.4. The van der Waals surface area contributed by atoms with Gasteiger partial charge in [-0.15, -0.1) is 0 Å². The molecule has 2 N–H and O–H groups in total. The first-order valence-electron chi connectivity index (χ1n) is 6.43. The number of nitrogens with two attached hydrogens (primary N) is 1. The van der Waals surface area contributed by atoms with E-state index in [1.807, 2.05) is 67.6 Å². The van der Waals surface area contributed by atoms with Crippen molar-refractivity contribution in [3.8, 4) is 0 Å². The third kappa shape index (κ3) is 2.79. The highest BCUT2D eigenvalue weighted by molar-refractivity contribution is 7.76. The van der Waals surface area contributed by atoms with Crippen molar-refractivity contribution >= 4 is 17.9 Å². The predicted molar refractivity (Wildman–Crippen MR) is 80.9 cm³/mol. The van der Waals surface area contributed by atoms with Crippen LogP contribution in [0.5, 0.6) is 0 Å². The fraction of sp³-hybridized carbons (Fsp3) is 0.200. The largest absolute Gasteiger partial charge is 0.295 e. The van der Waals surface area contributed by atoms with E-state index in [2.05, 4.69) is 0 Å². The molecule has 2 aromatic carbocycles. The topological polar surface area (TPSA) is 46.3 Å². The first-order chi connectivity index (χ1) is 9.19. The lowest BCUT2D eigenvalue weighted by Gasteiger charge is -2.28. The Labute approximate surface area is 114 Å². The molecule has 2 rings (SSSR count). The summed E-state index contributed by atoms with van der Waals surface area (Å²) in [6.07, 6.45) is 0.861. The minimum Gasteiger partial charge on any atom is -0.295 e. The molecule has 0 aliphatic carbocycles. The molecule has 0 aliphatic heterocycles. The van der Waals surface area contributed by atoms with Crippen molar-refractivity contribution in [2.45, 2.75) is 13.3 Å². The van der Waals surface area contributed by atoms with Crippen molar-refractivity contribution in [1.82, 2.24) is 4.78 Å². The number of hydrogen-bond acceptors (Lipinski definition) is 2. The zero-order valence-electron chi connectivity index (χ0n) is 11.1. The van der Waals surface area contributed by atoms with Gasteiger partial charge in [0.2, 0.25) is 7.29 Å². The van der Waals surface area contributed by atoms with Crippen LogP contribution in [0.15, 0.2) is 60.7 Å². The highest BCUT2D eigenvalue weighted by atomic mass is 31.2. The molecule has 100 valence electrons. The molecule has 0 radical (unpaired) electrons. The Bertz CT molecular complexity index is 513. The second kappa shape index (κ2) is 6.16. The van der Waals surface area contributed by atoms with Crippen LogP contribution in [0.1, 0.15) is 13.3 Å². The van der Waals surface area contributed by atoms with Crippen LogP contribution in [0.25, 0.3) is 0 Å². The van der Waals surface area contributed by atoms with Crippen molar-refractivity contribution in [2.75, 3.05) is 6.54 Å². The third-order valence-corrected chi connectivity index (χ3v) is 5.95. The van der Waals surface area contributed by atoms with E-state index in [0.29, 0.717) is 6.54 Å².